The van der Waals surface area contributed by atoms with Crippen molar-refractivity contribution >= 4 is 23.0 Å². The maximum atomic E-state index is 11.7. The Morgan fingerprint density at radius 3 is 1.85 bits per heavy atom. The van der Waals surface area contributed by atoms with Gasteiger partial charge in [-0.3, -0.25) is 0 Å². The minimum atomic E-state index is -0.420. The van der Waals surface area contributed by atoms with Crippen LogP contribution in [0, 0.1) is 6.92 Å². The van der Waals surface area contributed by atoms with Crippen molar-refractivity contribution in [3.05, 3.63) is 96.6 Å². The highest BCUT2D eigenvalue weighted by Crippen LogP contribution is 2.35. The van der Waals surface area contributed by atoms with Crippen molar-refractivity contribution in [1.82, 2.24) is 0 Å². The Kier molecular flexibility index (Phi) is 5.18. The number of ether oxygens (including phenoxy) is 1. The number of aryl methyl sites for hydroxylation is 1. The van der Waals surface area contributed by atoms with E-state index in [1.807, 2.05) is 30.3 Å². The molecule has 3 aromatic rings. The van der Waals surface area contributed by atoms with Gasteiger partial charge in [-0.2, -0.15) is 0 Å². The molecular formula is C23H21NO2. The number of carbonyl (C=O) groups is 1. The van der Waals surface area contributed by atoms with E-state index < -0.39 is 5.97 Å². The monoisotopic (exact) mass is 343 g/mol. The van der Waals surface area contributed by atoms with Gasteiger partial charge in [-0.05, 0) is 62.4 Å². The molecule has 0 saturated heterocycles. The molecule has 26 heavy (non-hydrogen) atoms. The van der Waals surface area contributed by atoms with Gasteiger partial charge in [0.25, 0.3) is 0 Å². The van der Waals surface area contributed by atoms with Crippen LogP contribution in [0.15, 0.2) is 91.0 Å². The Balaban J connectivity index is 1.96. The lowest BCUT2D eigenvalue weighted by Crippen LogP contribution is -2.10. The van der Waals surface area contributed by atoms with E-state index in [0.717, 1.165) is 17.1 Å². The largest absolute Gasteiger partial charge is 0.423 e. The molecule has 0 unspecified atom stereocenters. The van der Waals surface area contributed by atoms with Crippen molar-refractivity contribution in [2.75, 3.05) is 4.90 Å². The molecule has 3 heteroatoms. The van der Waals surface area contributed by atoms with Crippen molar-refractivity contribution in [3.8, 4) is 5.75 Å². The van der Waals surface area contributed by atoms with Gasteiger partial charge in [-0.25, -0.2) is 4.79 Å². The minimum absolute atomic E-state index is 0.375. The quantitative estimate of drug-likeness (QED) is 0.326. The first-order valence-corrected chi connectivity index (χ1v) is 8.44. The fourth-order valence-corrected chi connectivity index (χ4v) is 2.58. The van der Waals surface area contributed by atoms with E-state index in [4.69, 9.17) is 4.74 Å². The lowest BCUT2D eigenvalue weighted by atomic mass is 10.1. The zero-order valence-corrected chi connectivity index (χ0v) is 15.0. The Morgan fingerprint density at radius 2 is 1.31 bits per heavy atom. The van der Waals surface area contributed by atoms with Crippen LogP contribution in [0.25, 0.3) is 0 Å². The zero-order chi connectivity index (χ0) is 18.5. The van der Waals surface area contributed by atoms with Gasteiger partial charge in [0.2, 0.25) is 0 Å². The predicted octanol–water partition coefficient (Wildman–Crippen LogP) is 5.95. The maximum absolute atomic E-state index is 11.7. The molecule has 0 aliphatic carbocycles. The Bertz CT molecular complexity index is 897. The zero-order valence-electron chi connectivity index (χ0n) is 15.0. The molecule has 0 fully saturated rings. The summed E-state index contributed by atoms with van der Waals surface area (Å²) in [6, 6.07) is 26.0. The van der Waals surface area contributed by atoms with Crippen LogP contribution in [0.4, 0.5) is 17.1 Å². The molecule has 0 saturated carbocycles. The van der Waals surface area contributed by atoms with Crippen molar-refractivity contribution in [2.24, 2.45) is 0 Å². The lowest BCUT2D eigenvalue weighted by molar-refractivity contribution is -0.130. The van der Waals surface area contributed by atoms with E-state index in [0.29, 0.717) is 11.3 Å². The van der Waals surface area contributed by atoms with Gasteiger partial charge >= 0.3 is 5.97 Å². The Labute approximate surface area is 154 Å². The Morgan fingerprint density at radius 1 is 0.808 bits per heavy atom. The fraction of sp³-hybridized carbons (Fsp3) is 0.0870. The van der Waals surface area contributed by atoms with Crippen LogP contribution >= 0.6 is 0 Å². The van der Waals surface area contributed by atoms with Crippen LogP contribution in [-0.4, -0.2) is 5.97 Å². The SMILES string of the molecule is C=C(C)C(=O)Oc1ccc(N(c2ccccc2)c2ccc(C)cc2)cc1. The van der Waals surface area contributed by atoms with Crippen LogP contribution in [0.2, 0.25) is 0 Å². The summed E-state index contributed by atoms with van der Waals surface area (Å²) < 4.78 is 5.28. The predicted molar refractivity (Wildman–Crippen MR) is 106 cm³/mol. The van der Waals surface area contributed by atoms with Crippen molar-refractivity contribution < 1.29 is 9.53 Å². The van der Waals surface area contributed by atoms with Gasteiger partial charge in [0.15, 0.2) is 0 Å². The molecule has 3 aromatic carbocycles. The third kappa shape index (κ3) is 4.01. The summed E-state index contributed by atoms with van der Waals surface area (Å²) in [5.74, 6) is 0.0786. The van der Waals surface area contributed by atoms with Gasteiger partial charge in [-0.15, -0.1) is 0 Å². The van der Waals surface area contributed by atoms with Crippen LogP contribution in [0.1, 0.15) is 12.5 Å². The summed E-state index contributed by atoms with van der Waals surface area (Å²) >= 11 is 0. The standard InChI is InChI=1S/C23H21NO2/c1-17(2)23(25)26-22-15-13-21(14-16-22)24(19-7-5-4-6-8-19)20-11-9-18(3)10-12-20/h4-16H,1H2,2-3H3. The van der Waals surface area contributed by atoms with Crippen LogP contribution < -0.4 is 9.64 Å². The lowest BCUT2D eigenvalue weighted by Gasteiger charge is -2.25. The second kappa shape index (κ2) is 7.70. The van der Waals surface area contributed by atoms with E-state index >= 15 is 0 Å². The summed E-state index contributed by atoms with van der Waals surface area (Å²) in [6.07, 6.45) is 0. The molecule has 0 heterocycles. The number of carbonyl (C=O) groups excluding carboxylic acids is 1. The van der Waals surface area contributed by atoms with Gasteiger partial charge in [0, 0.05) is 22.6 Å². The highest BCUT2D eigenvalue weighted by Gasteiger charge is 2.12. The summed E-state index contributed by atoms with van der Waals surface area (Å²) in [6.45, 7) is 7.30. The number of anilines is 3. The topological polar surface area (TPSA) is 29.5 Å². The third-order valence-corrected chi connectivity index (χ3v) is 3.96. The fourth-order valence-electron chi connectivity index (χ4n) is 2.58. The first kappa shape index (κ1) is 17.5. The highest BCUT2D eigenvalue weighted by molar-refractivity contribution is 5.89. The average Bonchev–Trinajstić information content (AvgIpc) is 2.66. The second-order valence-corrected chi connectivity index (χ2v) is 6.17. The van der Waals surface area contributed by atoms with Crippen molar-refractivity contribution in [2.45, 2.75) is 13.8 Å². The normalized spacial score (nSPS) is 10.2. The first-order valence-electron chi connectivity index (χ1n) is 8.44. The first-order chi connectivity index (χ1) is 12.5. The van der Waals surface area contributed by atoms with Gasteiger partial charge < -0.3 is 9.64 Å². The Hall–Kier alpha value is -3.33. The number of hydrogen-bond acceptors (Lipinski definition) is 3. The number of hydrogen-bond donors (Lipinski definition) is 0. The number of rotatable bonds is 5. The molecule has 0 N–H and O–H groups in total. The highest BCUT2D eigenvalue weighted by atomic mass is 16.5. The molecule has 0 aliphatic rings. The molecule has 0 bridgehead atoms. The molecule has 0 aliphatic heterocycles. The maximum Gasteiger partial charge on any atom is 0.338 e. The number of para-hydroxylation sites is 1. The number of nitrogens with zero attached hydrogens (tertiary/aromatic N) is 1. The van der Waals surface area contributed by atoms with E-state index in [1.54, 1.807) is 19.1 Å². The van der Waals surface area contributed by atoms with Crippen LogP contribution in [0.3, 0.4) is 0 Å². The molecular weight excluding hydrogens is 322 g/mol. The molecule has 0 aromatic heterocycles. The molecule has 0 amide bonds. The van der Waals surface area contributed by atoms with Gasteiger partial charge in [0.1, 0.15) is 5.75 Å². The molecule has 0 radical (unpaired) electrons. The van der Waals surface area contributed by atoms with Crippen LogP contribution in [-0.2, 0) is 4.79 Å². The number of esters is 1. The summed E-state index contributed by atoms with van der Waals surface area (Å²) in [4.78, 5) is 13.8. The molecule has 3 rings (SSSR count). The molecule has 130 valence electrons. The van der Waals surface area contributed by atoms with Gasteiger partial charge in [-0.1, -0.05) is 42.5 Å². The summed E-state index contributed by atoms with van der Waals surface area (Å²) in [7, 11) is 0. The van der Waals surface area contributed by atoms with E-state index in [2.05, 4.69) is 54.8 Å². The summed E-state index contributed by atoms with van der Waals surface area (Å²) in [5, 5.41) is 0. The van der Waals surface area contributed by atoms with E-state index in [-0.39, 0.29) is 0 Å². The summed E-state index contributed by atoms with van der Waals surface area (Å²) in [5.41, 5.74) is 4.69. The van der Waals surface area contributed by atoms with Crippen molar-refractivity contribution in [1.29, 1.82) is 0 Å². The average molecular weight is 343 g/mol. The number of benzene rings is 3. The second-order valence-electron chi connectivity index (χ2n) is 6.17. The molecule has 0 atom stereocenters. The van der Waals surface area contributed by atoms with Crippen molar-refractivity contribution in [3.63, 3.8) is 0 Å². The molecule has 0 spiro atoms. The van der Waals surface area contributed by atoms with Gasteiger partial charge in [0.05, 0.1) is 0 Å². The minimum Gasteiger partial charge on any atom is -0.423 e. The van der Waals surface area contributed by atoms with E-state index in [1.165, 1.54) is 5.56 Å². The third-order valence-electron chi connectivity index (χ3n) is 3.96. The van der Waals surface area contributed by atoms with Crippen LogP contribution in [0.5, 0.6) is 5.75 Å². The molecule has 3 nitrogen and oxygen atoms in total. The smallest absolute Gasteiger partial charge is 0.338 e. The van der Waals surface area contributed by atoms with E-state index in [9.17, 15) is 4.79 Å².